The Hall–Kier alpha value is -2.38. The van der Waals surface area contributed by atoms with Gasteiger partial charge in [-0.2, -0.15) is 0 Å². The van der Waals surface area contributed by atoms with Crippen molar-refractivity contribution in [2.75, 3.05) is 24.1 Å². The van der Waals surface area contributed by atoms with E-state index in [4.69, 9.17) is 0 Å². The number of hydrogen-bond donors (Lipinski definition) is 2. The number of carbonyl (C=O) groups is 1. The number of fused-ring (bicyclic) bond motifs is 2. The number of benzene rings is 2. The zero-order chi connectivity index (χ0) is 23.6. The van der Waals surface area contributed by atoms with Crippen LogP contribution >= 0.6 is 0 Å². The number of rotatable bonds is 7. The molecule has 2 aromatic carbocycles. The predicted molar refractivity (Wildman–Crippen MR) is 129 cm³/mol. The van der Waals surface area contributed by atoms with E-state index in [0.29, 0.717) is 30.4 Å². The molecule has 7 heteroatoms. The molecular weight excluding hydrogens is 436 g/mol. The number of likely N-dealkylation sites (tertiary alicyclic amines) is 1. The molecule has 0 bridgehead atoms. The molecule has 0 amide bonds. The highest BCUT2D eigenvalue weighted by molar-refractivity contribution is 7.92. The minimum Gasteiger partial charge on any atom is -0.481 e. The third kappa shape index (κ3) is 3.48. The van der Waals surface area contributed by atoms with Gasteiger partial charge in [-0.1, -0.05) is 43.3 Å². The molecule has 6 nitrogen and oxygen atoms in total. The number of anilines is 1. The van der Waals surface area contributed by atoms with Crippen molar-refractivity contribution in [1.82, 2.24) is 4.90 Å². The number of carboxylic acids is 1. The smallest absolute Gasteiger partial charge is 0.311 e. The normalized spacial score (nSPS) is 28.7. The third-order valence-electron chi connectivity index (χ3n) is 8.75. The topological polar surface area (TPSA) is 86.7 Å². The molecule has 2 fully saturated rings. The van der Waals surface area contributed by atoms with Crippen LogP contribution in [0.3, 0.4) is 0 Å². The molecule has 3 atom stereocenters. The van der Waals surface area contributed by atoms with Gasteiger partial charge in [-0.15, -0.1) is 0 Å². The Kier molecular flexibility index (Phi) is 5.14. The second-order valence-corrected chi connectivity index (χ2v) is 12.0. The molecule has 2 aromatic rings. The molecule has 0 spiro atoms. The molecule has 2 N–H and O–H groups in total. The molecule has 0 aromatic heterocycles. The molecule has 1 aliphatic heterocycles. The van der Waals surface area contributed by atoms with Crippen molar-refractivity contribution in [1.29, 1.82) is 0 Å². The average molecular weight is 469 g/mol. The number of nitrogens with zero attached hydrogens (tertiary/aromatic N) is 1. The van der Waals surface area contributed by atoms with Crippen LogP contribution in [0.2, 0.25) is 0 Å². The fraction of sp³-hybridized carbons (Fsp3) is 0.500. The van der Waals surface area contributed by atoms with Gasteiger partial charge in [0.05, 0.1) is 11.7 Å². The first-order chi connectivity index (χ1) is 15.6. The summed E-state index contributed by atoms with van der Waals surface area (Å²) in [6.45, 7) is 6.06. The van der Waals surface area contributed by atoms with Gasteiger partial charge in [0.15, 0.2) is 0 Å². The van der Waals surface area contributed by atoms with E-state index in [9.17, 15) is 18.3 Å². The lowest BCUT2D eigenvalue weighted by atomic mass is 9.76. The van der Waals surface area contributed by atoms with Gasteiger partial charge in [-0.25, -0.2) is 8.42 Å². The first-order valence-corrected chi connectivity index (χ1v) is 13.6. The summed E-state index contributed by atoms with van der Waals surface area (Å²) >= 11 is 0. The van der Waals surface area contributed by atoms with Crippen LogP contribution in [0.25, 0.3) is 0 Å². The summed E-state index contributed by atoms with van der Waals surface area (Å²) in [7, 11) is -3.33. The van der Waals surface area contributed by atoms with Crippen molar-refractivity contribution in [3.8, 4) is 0 Å². The third-order valence-corrected chi connectivity index (χ3v) is 9.36. The average Bonchev–Trinajstić information content (AvgIpc) is 3.09. The molecular formula is C26H32N2O4S. The fourth-order valence-corrected chi connectivity index (χ4v) is 7.50. The van der Waals surface area contributed by atoms with Gasteiger partial charge < -0.3 is 5.11 Å². The van der Waals surface area contributed by atoms with Crippen molar-refractivity contribution in [3.63, 3.8) is 0 Å². The van der Waals surface area contributed by atoms with Crippen LogP contribution in [0.1, 0.15) is 37.0 Å². The molecule has 176 valence electrons. The first kappa shape index (κ1) is 22.4. The van der Waals surface area contributed by atoms with E-state index in [0.717, 1.165) is 30.6 Å². The summed E-state index contributed by atoms with van der Waals surface area (Å²) in [6, 6.07) is 15.9. The van der Waals surface area contributed by atoms with Crippen molar-refractivity contribution in [2.24, 2.45) is 17.3 Å². The number of carboxylic acid groups (broad SMARTS) is 1. The Morgan fingerprint density at radius 3 is 2.24 bits per heavy atom. The molecule has 1 saturated carbocycles. The second kappa shape index (κ2) is 7.57. The van der Waals surface area contributed by atoms with Gasteiger partial charge in [0.1, 0.15) is 0 Å². The lowest BCUT2D eigenvalue weighted by Gasteiger charge is -2.39. The van der Waals surface area contributed by atoms with Crippen LogP contribution in [0, 0.1) is 17.3 Å². The summed E-state index contributed by atoms with van der Waals surface area (Å²) < 4.78 is 26.0. The lowest BCUT2D eigenvalue weighted by molar-refractivity contribution is -0.152. The summed E-state index contributed by atoms with van der Waals surface area (Å²) in [5.74, 6) is 0.231. The number of piperidine rings is 1. The minimum absolute atomic E-state index is 0.0421. The summed E-state index contributed by atoms with van der Waals surface area (Å²) in [5.41, 5.74) is 3.37. The number of nitrogens with one attached hydrogen (secondary N) is 1. The van der Waals surface area contributed by atoms with E-state index < -0.39 is 21.4 Å². The van der Waals surface area contributed by atoms with Crippen LogP contribution in [-0.4, -0.2) is 49.8 Å². The zero-order valence-electron chi connectivity index (χ0n) is 19.4. The monoisotopic (exact) mass is 468 g/mol. The number of hydrogen-bond acceptors (Lipinski definition) is 4. The SMILES string of the molecule is CCC1(c2cccc(NS(C)(=O)=O)c2)C2CN(C(C)C3(C(=O)O)Cc4ccccc4C3)CC21. The molecule has 1 heterocycles. The largest absolute Gasteiger partial charge is 0.481 e. The van der Waals surface area contributed by atoms with Gasteiger partial charge in [-0.3, -0.25) is 14.4 Å². The Bertz CT molecular complexity index is 1170. The van der Waals surface area contributed by atoms with E-state index in [1.54, 1.807) is 6.07 Å². The molecule has 5 rings (SSSR count). The summed E-state index contributed by atoms with van der Waals surface area (Å²) in [4.78, 5) is 14.9. The molecule has 0 radical (unpaired) electrons. The van der Waals surface area contributed by atoms with E-state index >= 15 is 0 Å². The lowest BCUT2D eigenvalue weighted by Crippen LogP contribution is -2.52. The molecule has 1 saturated heterocycles. The van der Waals surface area contributed by atoms with Gasteiger partial charge in [0, 0.05) is 30.2 Å². The maximum atomic E-state index is 12.6. The van der Waals surface area contributed by atoms with Crippen molar-refractivity contribution in [3.05, 3.63) is 65.2 Å². The second-order valence-electron chi connectivity index (χ2n) is 10.3. The predicted octanol–water partition coefficient (Wildman–Crippen LogP) is 3.53. The van der Waals surface area contributed by atoms with E-state index in [1.165, 1.54) is 11.8 Å². The van der Waals surface area contributed by atoms with Gasteiger partial charge in [-0.05, 0) is 66.8 Å². The Morgan fingerprint density at radius 1 is 1.12 bits per heavy atom. The highest BCUT2D eigenvalue weighted by Crippen LogP contribution is 2.66. The van der Waals surface area contributed by atoms with Crippen molar-refractivity contribution < 1.29 is 18.3 Å². The first-order valence-electron chi connectivity index (χ1n) is 11.7. The minimum atomic E-state index is -3.33. The van der Waals surface area contributed by atoms with Crippen molar-refractivity contribution in [2.45, 2.75) is 44.6 Å². The molecule has 3 unspecified atom stereocenters. The van der Waals surface area contributed by atoms with E-state index in [2.05, 4.69) is 41.7 Å². The van der Waals surface area contributed by atoms with Crippen LogP contribution in [0.4, 0.5) is 5.69 Å². The number of sulfonamides is 1. The Balaban J connectivity index is 1.36. The van der Waals surface area contributed by atoms with Gasteiger partial charge in [0.25, 0.3) is 0 Å². The van der Waals surface area contributed by atoms with Crippen LogP contribution < -0.4 is 4.72 Å². The Labute approximate surface area is 196 Å². The number of aliphatic carboxylic acids is 1. The Morgan fingerprint density at radius 2 is 1.73 bits per heavy atom. The maximum Gasteiger partial charge on any atom is 0.311 e. The van der Waals surface area contributed by atoms with Gasteiger partial charge >= 0.3 is 5.97 Å². The van der Waals surface area contributed by atoms with Gasteiger partial charge in [0.2, 0.25) is 10.0 Å². The molecule has 33 heavy (non-hydrogen) atoms. The quantitative estimate of drug-likeness (QED) is 0.649. The summed E-state index contributed by atoms with van der Waals surface area (Å²) in [5, 5.41) is 10.3. The highest BCUT2D eigenvalue weighted by Gasteiger charge is 2.68. The van der Waals surface area contributed by atoms with Crippen LogP contribution in [-0.2, 0) is 33.1 Å². The maximum absolute atomic E-state index is 12.6. The molecule has 3 aliphatic rings. The van der Waals surface area contributed by atoms with Crippen LogP contribution in [0.15, 0.2) is 48.5 Å². The molecule has 2 aliphatic carbocycles. The standard InChI is InChI=1S/C26H32N2O4S/c1-4-26(20-10-7-11-21(12-20)27-33(3,31)32)22-15-28(16-23(22)26)17(2)25(24(29)30)13-18-8-5-6-9-19(18)14-25/h5-12,17,22-23,27H,4,13-16H2,1-3H3,(H,29,30). The zero-order valence-corrected chi connectivity index (χ0v) is 20.2. The highest BCUT2D eigenvalue weighted by atomic mass is 32.2. The summed E-state index contributed by atoms with van der Waals surface area (Å²) in [6.07, 6.45) is 3.33. The van der Waals surface area contributed by atoms with Crippen molar-refractivity contribution >= 4 is 21.7 Å². The van der Waals surface area contributed by atoms with E-state index in [1.807, 2.05) is 24.3 Å². The van der Waals surface area contributed by atoms with Crippen LogP contribution in [0.5, 0.6) is 0 Å². The fourth-order valence-electron chi connectivity index (χ4n) is 6.94. The van der Waals surface area contributed by atoms with E-state index in [-0.39, 0.29) is 11.5 Å².